The third-order valence-electron chi connectivity index (χ3n) is 2.89. The van der Waals surface area contributed by atoms with Gasteiger partial charge in [-0.15, -0.1) is 24.0 Å². The third-order valence-corrected chi connectivity index (χ3v) is 2.89. The highest BCUT2D eigenvalue weighted by molar-refractivity contribution is 14.0. The van der Waals surface area contributed by atoms with Crippen LogP contribution in [0.15, 0.2) is 4.99 Å². The highest BCUT2D eigenvalue weighted by atomic mass is 127. The lowest BCUT2D eigenvalue weighted by Gasteiger charge is -2.31. The largest absolute Gasteiger partial charge is 0.375 e. The topological polar surface area (TPSA) is 80.0 Å². The maximum atomic E-state index is 11.4. The molecule has 2 aliphatic rings. The first-order chi connectivity index (χ1) is 8.15. The van der Waals surface area contributed by atoms with E-state index in [0.29, 0.717) is 18.6 Å². The van der Waals surface area contributed by atoms with Gasteiger partial charge in [0, 0.05) is 19.1 Å². The van der Waals surface area contributed by atoms with Crippen LogP contribution in [0.25, 0.3) is 0 Å². The summed E-state index contributed by atoms with van der Waals surface area (Å²) in [5.41, 5.74) is 5.85. The number of carbonyl (C=O) groups excluding carboxylic acids is 1. The molecule has 2 rings (SSSR count). The Kier molecular flexibility index (Phi) is 6.13. The lowest BCUT2D eigenvalue weighted by Crippen LogP contribution is -2.48. The second kappa shape index (κ2) is 7.13. The van der Waals surface area contributed by atoms with Crippen molar-refractivity contribution in [1.82, 2.24) is 10.2 Å². The third kappa shape index (κ3) is 4.97. The molecule has 1 saturated carbocycles. The Balaban J connectivity index is 0.00000162. The second-order valence-electron chi connectivity index (χ2n) is 4.64. The molecule has 3 N–H and O–H groups in total. The Morgan fingerprint density at radius 1 is 1.56 bits per heavy atom. The van der Waals surface area contributed by atoms with Gasteiger partial charge >= 0.3 is 0 Å². The molecule has 104 valence electrons. The number of carbonyl (C=O) groups is 1. The number of guanidine groups is 1. The first kappa shape index (κ1) is 15.5. The molecule has 2 fully saturated rings. The van der Waals surface area contributed by atoms with E-state index in [0.717, 1.165) is 25.9 Å². The molecule has 1 heterocycles. The molecule has 0 aromatic rings. The van der Waals surface area contributed by atoms with Gasteiger partial charge in [0.1, 0.15) is 6.54 Å². The Labute approximate surface area is 124 Å². The highest BCUT2D eigenvalue weighted by Crippen LogP contribution is 2.18. The van der Waals surface area contributed by atoms with E-state index < -0.39 is 0 Å². The van der Waals surface area contributed by atoms with E-state index in [4.69, 9.17) is 10.5 Å². The summed E-state index contributed by atoms with van der Waals surface area (Å²) < 4.78 is 5.41. The fraction of sp³-hybridized carbons (Fsp3) is 0.818. The van der Waals surface area contributed by atoms with Gasteiger partial charge in [-0.3, -0.25) is 4.79 Å². The fourth-order valence-electron chi connectivity index (χ4n) is 1.78. The van der Waals surface area contributed by atoms with Gasteiger partial charge in [0.2, 0.25) is 5.91 Å². The summed E-state index contributed by atoms with van der Waals surface area (Å²) in [7, 11) is 0. The predicted octanol–water partition coefficient (Wildman–Crippen LogP) is -0.0816. The summed E-state index contributed by atoms with van der Waals surface area (Å²) in [5.74, 6) is 0.392. The van der Waals surface area contributed by atoms with Crippen LogP contribution < -0.4 is 11.1 Å². The van der Waals surface area contributed by atoms with E-state index >= 15 is 0 Å². The number of nitrogens with zero attached hydrogens (tertiary/aromatic N) is 2. The Hall–Kier alpha value is -0.570. The minimum absolute atomic E-state index is 0. The van der Waals surface area contributed by atoms with Crippen LogP contribution >= 0.6 is 24.0 Å². The van der Waals surface area contributed by atoms with E-state index in [-0.39, 0.29) is 42.5 Å². The van der Waals surface area contributed by atoms with Gasteiger partial charge in [0.25, 0.3) is 0 Å². The number of halogens is 1. The Morgan fingerprint density at radius 2 is 2.28 bits per heavy atom. The first-order valence-electron chi connectivity index (χ1n) is 6.11. The van der Waals surface area contributed by atoms with Crippen molar-refractivity contribution in [2.24, 2.45) is 10.7 Å². The second-order valence-corrected chi connectivity index (χ2v) is 4.64. The van der Waals surface area contributed by atoms with E-state index in [1.54, 1.807) is 0 Å². The number of morpholine rings is 1. The van der Waals surface area contributed by atoms with E-state index in [1.165, 1.54) is 0 Å². The molecule has 1 aliphatic heterocycles. The average molecular weight is 368 g/mol. The number of aliphatic imine (C=N–C) groups is 1. The number of ether oxygens (including phenoxy) is 1. The van der Waals surface area contributed by atoms with Crippen molar-refractivity contribution in [3.63, 3.8) is 0 Å². The van der Waals surface area contributed by atoms with E-state index in [2.05, 4.69) is 10.3 Å². The number of rotatable bonds is 3. The van der Waals surface area contributed by atoms with Crippen molar-refractivity contribution in [3.05, 3.63) is 0 Å². The lowest BCUT2D eigenvalue weighted by molar-refractivity contribution is -0.119. The molecule has 1 amide bonds. The van der Waals surface area contributed by atoms with Gasteiger partial charge in [-0.05, 0) is 19.8 Å². The van der Waals surface area contributed by atoms with Crippen molar-refractivity contribution in [3.8, 4) is 0 Å². The van der Waals surface area contributed by atoms with E-state index in [9.17, 15) is 4.79 Å². The molecule has 7 heteroatoms. The minimum atomic E-state index is -0.0447. The fourth-order valence-corrected chi connectivity index (χ4v) is 1.78. The molecule has 1 unspecified atom stereocenters. The zero-order chi connectivity index (χ0) is 12.3. The average Bonchev–Trinajstić information content (AvgIpc) is 3.10. The minimum Gasteiger partial charge on any atom is -0.375 e. The molecule has 0 spiro atoms. The van der Waals surface area contributed by atoms with Crippen molar-refractivity contribution < 1.29 is 9.53 Å². The molecule has 18 heavy (non-hydrogen) atoms. The van der Waals surface area contributed by atoms with Crippen LogP contribution in [0.4, 0.5) is 0 Å². The van der Waals surface area contributed by atoms with Gasteiger partial charge in [-0.1, -0.05) is 0 Å². The van der Waals surface area contributed by atoms with Crippen LogP contribution in [0.2, 0.25) is 0 Å². The van der Waals surface area contributed by atoms with Gasteiger partial charge in [0.15, 0.2) is 5.96 Å². The normalized spacial score (nSPS) is 24.4. The van der Waals surface area contributed by atoms with E-state index in [1.807, 2.05) is 11.8 Å². The molecule has 0 aromatic carbocycles. The van der Waals surface area contributed by atoms with Gasteiger partial charge in [-0.2, -0.15) is 0 Å². The van der Waals surface area contributed by atoms with Crippen molar-refractivity contribution >= 4 is 35.8 Å². The summed E-state index contributed by atoms with van der Waals surface area (Å²) in [4.78, 5) is 17.5. The highest BCUT2D eigenvalue weighted by Gasteiger charge is 2.23. The number of nitrogens with one attached hydrogen (secondary N) is 1. The molecule has 1 saturated heterocycles. The first-order valence-corrected chi connectivity index (χ1v) is 6.11. The maximum absolute atomic E-state index is 11.4. The van der Waals surface area contributed by atoms with Crippen LogP contribution in [0.5, 0.6) is 0 Å². The smallest absolute Gasteiger partial charge is 0.242 e. The summed E-state index contributed by atoms with van der Waals surface area (Å²) in [6.45, 7) is 4.25. The summed E-state index contributed by atoms with van der Waals surface area (Å²) in [6.07, 6.45) is 2.34. The van der Waals surface area contributed by atoms with Crippen LogP contribution in [-0.4, -0.2) is 55.2 Å². The van der Waals surface area contributed by atoms with Gasteiger partial charge in [0.05, 0.1) is 12.7 Å². The standard InChI is InChI=1S/C11H20N4O2.HI/c1-8-7-15(4-5-17-8)11(12)13-6-10(16)14-9-2-3-9;/h8-9H,2-7H2,1H3,(H2,12,13)(H,14,16);1H. The van der Waals surface area contributed by atoms with Gasteiger partial charge in [-0.25, -0.2) is 4.99 Å². The quantitative estimate of drug-likeness (QED) is 0.415. The molecular formula is C11H21IN4O2. The van der Waals surface area contributed by atoms with Crippen molar-refractivity contribution in [2.75, 3.05) is 26.2 Å². The summed E-state index contributed by atoms with van der Waals surface area (Å²) in [5, 5.41) is 2.88. The van der Waals surface area contributed by atoms with Crippen molar-refractivity contribution in [1.29, 1.82) is 0 Å². The van der Waals surface area contributed by atoms with Crippen LogP contribution in [0.3, 0.4) is 0 Å². The molecule has 1 atom stereocenters. The maximum Gasteiger partial charge on any atom is 0.242 e. The molecule has 1 aliphatic carbocycles. The predicted molar refractivity (Wildman–Crippen MR) is 80.1 cm³/mol. The molecule has 0 aromatic heterocycles. The number of hydrogen-bond acceptors (Lipinski definition) is 3. The molecule has 0 radical (unpaired) electrons. The Bertz CT molecular complexity index is 320. The summed E-state index contributed by atoms with van der Waals surface area (Å²) in [6, 6.07) is 0.377. The summed E-state index contributed by atoms with van der Waals surface area (Å²) >= 11 is 0. The SMILES string of the molecule is CC1CN(C(N)=NCC(=O)NC2CC2)CCO1.I. The van der Waals surface area contributed by atoms with Crippen LogP contribution in [0.1, 0.15) is 19.8 Å². The van der Waals surface area contributed by atoms with Crippen LogP contribution in [-0.2, 0) is 9.53 Å². The Morgan fingerprint density at radius 3 is 2.89 bits per heavy atom. The number of nitrogens with two attached hydrogens (primary N) is 1. The molecular weight excluding hydrogens is 347 g/mol. The molecule has 0 bridgehead atoms. The van der Waals surface area contributed by atoms with Crippen molar-refractivity contribution in [2.45, 2.75) is 31.9 Å². The molecule has 6 nitrogen and oxygen atoms in total. The zero-order valence-corrected chi connectivity index (χ0v) is 12.9. The van der Waals surface area contributed by atoms with Crippen LogP contribution in [0, 0.1) is 0 Å². The zero-order valence-electron chi connectivity index (χ0n) is 10.6. The number of amides is 1. The monoisotopic (exact) mass is 368 g/mol. The number of hydrogen-bond donors (Lipinski definition) is 2. The van der Waals surface area contributed by atoms with Gasteiger partial charge < -0.3 is 20.7 Å². The lowest BCUT2D eigenvalue weighted by atomic mass is 10.3.